The molecule has 0 radical (unpaired) electrons. The highest BCUT2D eigenvalue weighted by molar-refractivity contribution is 7.92. The van der Waals surface area contributed by atoms with E-state index in [9.17, 15) is 8.42 Å². The third kappa shape index (κ3) is 3.53. The molecule has 0 bridgehead atoms. The third-order valence-electron chi connectivity index (χ3n) is 5.29. The molecule has 1 unspecified atom stereocenters. The number of hydrogen-bond acceptors (Lipinski definition) is 6. The summed E-state index contributed by atoms with van der Waals surface area (Å²) in [4.78, 5) is 0.137. The molecule has 1 N–H and O–H groups in total. The first-order valence-corrected chi connectivity index (χ1v) is 11.0. The average Bonchev–Trinajstić information content (AvgIpc) is 3.21. The first-order chi connectivity index (χ1) is 14.1. The van der Waals surface area contributed by atoms with Gasteiger partial charge in [-0.15, -0.1) is 10.2 Å². The normalized spacial score (nSPS) is 18.1. The Labute approximate surface area is 168 Å². The van der Waals surface area contributed by atoms with Crippen molar-refractivity contribution in [3.63, 3.8) is 0 Å². The van der Waals surface area contributed by atoms with Crippen molar-refractivity contribution >= 4 is 15.7 Å². The maximum atomic E-state index is 12.8. The van der Waals surface area contributed by atoms with Gasteiger partial charge in [-0.2, -0.15) is 0 Å². The summed E-state index contributed by atoms with van der Waals surface area (Å²) in [6.07, 6.45) is 3.65. The van der Waals surface area contributed by atoms with Crippen molar-refractivity contribution in [2.45, 2.75) is 30.2 Å². The van der Waals surface area contributed by atoms with Crippen LogP contribution < -0.4 is 14.2 Å². The lowest BCUT2D eigenvalue weighted by Crippen LogP contribution is -2.18. The summed E-state index contributed by atoms with van der Waals surface area (Å²) in [5.41, 5.74) is 1.69. The van der Waals surface area contributed by atoms with E-state index < -0.39 is 10.0 Å². The van der Waals surface area contributed by atoms with Crippen LogP contribution in [-0.4, -0.2) is 36.4 Å². The number of benzene rings is 2. The average molecular weight is 412 g/mol. The Morgan fingerprint density at radius 3 is 2.66 bits per heavy atom. The van der Waals surface area contributed by atoms with Gasteiger partial charge in [0.25, 0.3) is 10.0 Å². The van der Waals surface area contributed by atoms with Crippen LogP contribution in [0.5, 0.6) is 11.5 Å². The molecule has 2 aromatic carbocycles. The van der Waals surface area contributed by atoms with E-state index in [1.807, 2.05) is 12.1 Å². The van der Waals surface area contributed by atoms with Crippen LogP contribution in [0.15, 0.2) is 53.7 Å². The van der Waals surface area contributed by atoms with Crippen molar-refractivity contribution in [1.29, 1.82) is 0 Å². The van der Waals surface area contributed by atoms with Gasteiger partial charge in [0.05, 0.1) is 4.90 Å². The summed E-state index contributed by atoms with van der Waals surface area (Å²) in [6, 6.07) is 12.2. The summed E-state index contributed by atoms with van der Waals surface area (Å²) in [5.74, 6) is 2.38. The molecule has 150 valence electrons. The fourth-order valence-corrected chi connectivity index (χ4v) is 4.83. The number of ether oxygens (including phenoxy) is 2. The van der Waals surface area contributed by atoms with Gasteiger partial charge in [-0.3, -0.25) is 4.72 Å². The SMILES string of the molecule is O=S(=O)(Nc1ccc(C2CCc3nncn3C2)cc1)c1ccc2c(c1)OCCO2. The Kier molecular flexibility index (Phi) is 4.39. The van der Waals surface area contributed by atoms with Crippen molar-refractivity contribution in [2.75, 3.05) is 17.9 Å². The second-order valence-electron chi connectivity index (χ2n) is 7.17. The van der Waals surface area contributed by atoms with E-state index in [-0.39, 0.29) is 4.90 Å². The fraction of sp³-hybridized carbons (Fsp3) is 0.300. The molecule has 0 spiro atoms. The largest absolute Gasteiger partial charge is 0.486 e. The molecule has 5 rings (SSSR count). The Morgan fingerprint density at radius 1 is 1.03 bits per heavy atom. The smallest absolute Gasteiger partial charge is 0.262 e. The Balaban J connectivity index is 1.32. The molecule has 2 aliphatic heterocycles. The highest BCUT2D eigenvalue weighted by Gasteiger charge is 2.22. The lowest BCUT2D eigenvalue weighted by atomic mass is 9.91. The zero-order chi connectivity index (χ0) is 19.8. The quantitative estimate of drug-likeness (QED) is 0.708. The summed E-state index contributed by atoms with van der Waals surface area (Å²) in [5, 5.41) is 8.08. The van der Waals surface area contributed by atoms with E-state index in [4.69, 9.17) is 9.47 Å². The van der Waals surface area contributed by atoms with Crippen molar-refractivity contribution in [3.05, 3.63) is 60.2 Å². The number of fused-ring (bicyclic) bond motifs is 2. The molecule has 0 amide bonds. The summed E-state index contributed by atoms with van der Waals surface area (Å²) in [6.45, 7) is 1.71. The zero-order valence-electron chi connectivity index (χ0n) is 15.6. The Bertz CT molecular complexity index is 1140. The fourth-order valence-electron chi connectivity index (χ4n) is 3.76. The molecular weight excluding hydrogens is 392 g/mol. The van der Waals surface area contributed by atoms with Gasteiger partial charge in [-0.1, -0.05) is 12.1 Å². The molecule has 1 atom stereocenters. The minimum Gasteiger partial charge on any atom is -0.486 e. The number of anilines is 1. The summed E-state index contributed by atoms with van der Waals surface area (Å²) >= 11 is 0. The predicted octanol–water partition coefficient (Wildman–Crippen LogP) is 2.58. The lowest BCUT2D eigenvalue weighted by molar-refractivity contribution is 0.171. The van der Waals surface area contributed by atoms with E-state index in [1.54, 1.807) is 24.5 Å². The van der Waals surface area contributed by atoms with Crippen LogP contribution in [-0.2, 0) is 23.0 Å². The number of nitrogens with one attached hydrogen (secondary N) is 1. The molecule has 0 aliphatic carbocycles. The minimum atomic E-state index is -3.72. The van der Waals surface area contributed by atoms with Crippen LogP contribution in [0, 0.1) is 0 Å². The number of nitrogens with zero attached hydrogens (tertiary/aromatic N) is 3. The molecule has 29 heavy (non-hydrogen) atoms. The van der Waals surface area contributed by atoms with Crippen LogP contribution in [0.2, 0.25) is 0 Å². The van der Waals surface area contributed by atoms with Gasteiger partial charge in [0.15, 0.2) is 11.5 Å². The maximum Gasteiger partial charge on any atom is 0.262 e. The second-order valence-corrected chi connectivity index (χ2v) is 8.85. The molecule has 3 aromatic rings. The number of aromatic nitrogens is 3. The van der Waals surface area contributed by atoms with Crippen LogP contribution in [0.4, 0.5) is 5.69 Å². The number of sulfonamides is 1. The third-order valence-corrected chi connectivity index (χ3v) is 6.67. The van der Waals surface area contributed by atoms with E-state index in [2.05, 4.69) is 19.5 Å². The lowest BCUT2D eigenvalue weighted by Gasteiger charge is -2.23. The van der Waals surface area contributed by atoms with Crippen LogP contribution in [0.3, 0.4) is 0 Å². The maximum absolute atomic E-state index is 12.8. The summed E-state index contributed by atoms with van der Waals surface area (Å²) < 4.78 is 41.2. The summed E-state index contributed by atoms with van der Waals surface area (Å²) in [7, 11) is -3.72. The molecule has 3 heterocycles. The Morgan fingerprint density at radius 2 is 1.83 bits per heavy atom. The van der Waals surface area contributed by atoms with Crippen LogP contribution >= 0.6 is 0 Å². The van der Waals surface area contributed by atoms with E-state index in [1.165, 1.54) is 17.7 Å². The molecule has 9 heteroatoms. The van der Waals surface area contributed by atoms with Gasteiger partial charge in [0, 0.05) is 30.6 Å². The van der Waals surface area contributed by atoms with Gasteiger partial charge < -0.3 is 14.0 Å². The monoisotopic (exact) mass is 412 g/mol. The van der Waals surface area contributed by atoms with Gasteiger partial charge in [-0.25, -0.2) is 8.42 Å². The van der Waals surface area contributed by atoms with Crippen molar-refractivity contribution < 1.29 is 17.9 Å². The number of rotatable bonds is 4. The molecule has 0 saturated carbocycles. The van der Waals surface area contributed by atoms with Gasteiger partial charge >= 0.3 is 0 Å². The first-order valence-electron chi connectivity index (χ1n) is 9.48. The molecular formula is C20H20N4O4S. The van der Waals surface area contributed by atoms with Crippen molar-refractivity contribution in [3.8, 4) is 11.5 Å². The van der Waals surface area contributed by atoms with Gasteiger partial charge in [-0.05, 0) is 36.2 Å². The topological polar surface area (TPSA) is 95.3 Å². The first kappa shape index (κ1) is 18.0. The number of hydrogen-bond donors (Lipinski definition) is 1. The zero-order valence-corrected chi connectivity index (χ0v) is 16.4. The van der Waals surface area contributed by atoms with E-state index in [0.29, 0.717) is 36.3 Å². The molecule has 2 aliphatic rings. The van der Waals surface area contributed by atoms with E-state index in [0.717, 1.165) is 25.2 Å². The van der Waals surface area contributed by atoms with E-state index >= 15 is 0 Å². The van der Waals surface area contributed by atoms with Crippen LogP contribution in [0.25, 0.3) is 0 Å². The molecule has 8 nitrogen and oxygen atoms in total. The van der Waals surface area contributed by atoms with Crippen molar-refractivity contribution in [2.24, 2.45) is 0 Å². The van der Waals surface area contributed by atoms with Crippen LogP contribution in [0.1, 0.15) is 23.7 Å². The molecule has 0 fully saturated rings. The standard InChI is InChI=1S/C20H20N4O4S/c25-29(26,17-6-7-18-19(11-17)28-10-9-27-18)23-16-4-1-14(2-5-16)15-3-8-20-22-21-13-24(20)12-15/h1-2,4-7,11,13,15,23H,3,8-10,12H2. The predicted molar refractivity (Wildman–Crippen MR) is 106 cm³/mol. The highest BCUT2D eigenvalue weighted by atomic mass is 32.2. The second kappa shape index (κ2) is 7.07. The highest BCUT2D eigenvalue weighted by Crippen LogP contribution is 2.33. The Hall–Kier alpha value is -3.07. The number of aryl methyl sites for hydroxylation is 1. The molecule has 1 aromatic heterocycles. The molecule has 0 saturated heterocycles. The van der Waals surface area contributed by atoms with Gasteiger partial charge in [0.1, 0.15) is 25.4 Å². The van der Waals surface area contributed by atoms with Gasteiger partial charge in [0.2, 0.25) is 0 Å². The van der Waals surface area contributed by atoms with Crippen molar-refractivity contribution in [1.82, 2.24) is 14.8 Å². The minimum absolute atomic E-state index is 0.137.